The van der Waals surface area contributed by atoms with E-state index in [1.54, 1.807) is 6.08 Å². The topological polar surface area (TPSA) is 55.8 Å². The summed E-state index contributed by atoms with van der Waals surface area (Å²) < 4.78 is 0. The number of allylic oxidation sites excluding steroid dienone is 5. The molecule has 0 aromatic rings. The van der Waals surface area contributed by atoms with Gasteiger partial charge in [-0.25, -0.2) is 0 Å². The third-order valence-electron chi connectivity index (χ3n) is 5.64. The largest absolute Gasteiger partial charge is 0.395 e. The van der Waals surface area contributed by atoms with Gasteiger partial charge in [0.05, 0.1) is 6.61 Å². The van der Waals surface area contributed by atoms with Gasteiger partial charge in [-0.05, 0) is 57.3 Å². The molecule has 1 rings (SSSR count). The van der Waals surface area contributed by atoms with Crippen LogP contribution in [0.25, 0.3) is 0 Å². The number of hydrogen-bond donors (Lipinski definition) is 2. The van der Waals surface area contributed by atoms with Crippen molar-refractivity contribution in [2.45, 2.75) is 46.1 Å². The molecule has 0 aromatic heterocycles. The molecule has 1 amide bonds. The van der Waals surface area contributed by atoms with Crippen molar-refractivity contribution in [2.24, 2.45) is 0 Å². The Balaban J connectivity index is 2.88. The van der Waals surface area contributed by atoms with Crippen LogP contribution in [0.15, 0.2) is 71.0 Å². The highest BCUT2D eigenvalue weighted by atomic mass is 35.5. The van der Waals surface area contributed by atoms with Crippen molar-refractivity contribution >= 4 is 17.5 Å². The van der Waals surface area contributed by atoms with Gasteiger partial charge in [0.15, 0.2) is 0 Å². The Morgan fingerprint density at radius 1 is 1.28 bits per heavy atom. The van der Waals surface area contributed by atoms with Crippen LogP contribution in [0, 0.1) is 0 Å². The van der Waals surface area contributed by atoms with E-state index in [-0.39, 0.29) is 12.5 Å². The lowest BCUT2D eigenvalue weighted by atomic mass is 10.0. The maximum absolute atomic E-state index is 13.0. The normalized spacial score (nSPS) is 17.0. The highest BCUT2D eigenvalue weighted by Crippen LogP contribution is 2.20. The SMILES string of the molecule is C=C(Cl)/C=C(C(=O)NC/C(=C/C/C=C/C)C(=C)C)\C(C)=C\N(C)C1CCN(CCO)CC1. The number of likely N-dealkylation sites (tertiary alicyclic amines) is 1. The van der Waals surface area contributed by atoms with Crippen molar-refractivity contribution in [1.82, 2.24) is 15.1 Å². The Labute approximate surface area is 199 Å². The van der Waals surface area contributed by atoms with Gasteiger partial charge in [0.1, 0.15) is 0 Å². The first-order valence-electron chi connectivity index (χ1n) is 11.2. The first kappa shape index (κ1) is 28.0. The van der Waals surface area contributed by atoms with Gasteiger partial charge in [0.25, 0.3) is 5.91 Å². The Kier molecular flexibility index (Phi) is 13.0. The molecular formula is C26H40ClN3O2. The summed E-state index contributed by atoms with van der Waals surface area (Å²) in [5.41, 5.74) is 3.28. The van der Waals surface area contributed by atoms with E-state index in [0.717, 1.165) is 55.6 Å². The summed E-state index contributed by atoms with van der Waals surface area (Å²) in [6.07, 6.45) is 12.6. The van der Waals surface area contributed by atoms with E-state index in [2.05, 4.69) is 40.4 Å². The number of rotatable bonds is 12. The first-order valence-corrected chi connectivity index (χ1v) is 11.6. The zero-order valence-electron chi connectivity index (χ0n) is 20.2. The molecule has 0 unspecified atom stereocenters. The Morgan fingerprint density at radius 3 is 2.47 bits per heavy atom. The zero-order chi connectivity index (χ0) is 24.1. The summed E-state index contributed by atoms with van der Waals surface area (Å²) in [6, 6.07) is 0.396. The van der Waals surface area contributed by atoms with Crippen LogP contribution >= 0.6 is 11.6 Å². The van der Waals surface area contributed by atoms with E-state index in [9.17, 15) is 4.79 Å². The fourth-order valence-corrected chi connectivity index (χ4v) is 3.81. The smallest absolute Gasteiger partial charge is 0.251 e. The van der Waals surface area contributed by atoms with Crippen LogP contribution in [0.5, 0.6) is 0 Å². The third kappa shape index (κ3) is 10.0. The molecule has 1 saturated heterocycles. The fraction of sp³-hybridized carbons (Fsp3) is 0.500. The highest BCUT2D eigenvalue weighted by molar-refractivity contribution is 6.31. The molecule has 5 nitrogen and oxygen atoms in total. The molecule has 0 saturated carbocycles. The van der Waals surface area contributed by atoms with Crippen molar-refractivity contribution in [3.63, 3.8) is 0 Å². The minimum Gasteiger partial charge on any atom is -0.395 e. The summed E-state index contributed by atoms with van der Waals surface area (Å²) in [5.74, 6) is -0.190. The molecule has 1 fully saturated rings. The summed E-state index contributed by atoms with van der Waals surface area (Å²) in [4.78, 5) is 17.5. The van der Waals surface area contributed by atoms with Gasteiger partial charge >= 0.3 is 0 Å². The second kappa shape index (κ2) is 14.9. The molecule has 0 radical (unpaired) electrons. The number of hydrogen-bond acceptors (Lipinski definition) is 4. The molecule has 6 heteroatoms. The molecule has 0 bridgehead atoms. The third-order valence-corrected chi connectivity index (χ3v) is 5.75. The van der Waals surface area contributed by atoms with Crippen molar-refractivity contribution in [3.05, 3.63) is 71.0 Å². The summed E-state index contributed by atoms with van der Waals surface area (Å²) in [5, 5.41) is 12.4. The van der Waals surface area contributed by atoms with Gasteiger partial charge in [-0.15, -0.1) is 0 Å². The van der Waals surface area contributed by atoms with Crippen molar-refractivity contribution in [3.8, 4) is 0 Å². The number of piperidine rings is 1. The van der Waals surface area contributed by atoms with Crippen LogP contribution in [0.3, 0.4) is 0 Å². The number of β-amino-alcohol motifs (C(OH)–C–C–N with tert-alkyl or cyclic N) is 1. The van der Waals surface area contributed by atoms with Crippen LogP contribution in [0.4, 0.5) is 0 Å². The van der Waals surface area contributed by atoms with Crippen LogP contribution < -0.4 is 5.32 Å². The molecule has 1 heterocycles. The predicted octanol–water partition coefficient (Wildman–Crippen LogP) is 4.54. The van der Waals surface area contributed by atoms with Crippen molar-refractivity contribution < 1.29 is 9.90 Å². The van der Waals surface area contributed by atoms with Crippen LogP contribution in [-0.2, 0) is 4.79 Å². The van der Waals surface area contributed by atoms with E-state index in [1.165, 1.54) is 0 Å². The lowest BCUT2D eigenvalue weighted by Crippen LogP contribution is -2.42. The van der Waals surface area contributed by atoms with Gasteiger partial charge in [-0.3, -0.25) is 4.79 Å². The summed E-state index contributed by atoms with van der Waals surface area (Å²) >= 11 is 6.04. The number of carbonyl (C=O) groups excluding carboxylic acids is 1. The Hall–Kier alpha value is -2.08. The van der Waals surface area contributed by atoms with Crippen LogP contribution in [-0.4, -0.2) is 66.7 Å². The van der Waals surface area contributed by atoms with E-state index >= 15 is 0 Å². The second-order valence-electron chi connectivity index (χ2n) is 8.28. The van der Waals surface area contributed by atoms with E-state index in [4.69, 9.17) is 16.7 Å². The highest BCUT2D eigenvalue weighted by Gasteiger charge is 2.21. The van der Waals surface area contributed by atoms with E-state index in [0.29, 0.717) is 23.2 Å². The lowest BCUT2D eigenvalue weighted by Gasteiger charge is -2.36. The van der Waals surface area contributed by atoms with Gasteiger partial charge in [-0.2, -0.15) is 0 Å². The van der Waals surface area contributed by atoms with Crippen LogP contribution in [0.2, 0.25) is 0 Å². The second-order valence-corrected chi connectivity index (χ2v) is 8.76. The van der Waals surface area contributed by atoms with Crippen molar-refractivity contribution in [1.29, 1.82) is 0 Å². The molecular weight excluding hydrogens is 422 g/mol. The Bertz CT molecular complexity index is 772. The number of halogens is 1. The molecule has 1 aliphatic heterocycles. The summed E-state index contributed by atoms with van der Waals surface area (Å²) in [6.45, 7) is 16.9. The lowest BCUT2D eigenvalue weighted by molar-refractivity contribution is -0.117. The average molecular weight is 462 g/mol. The standard InChI is InChI=1S/C26H40ClN3O2/c1-7-8-9-10-23(20(2)3)18-28-26(32)25(17-22(5)27)21(4)19-29(6)24-11-13-30(14-12-24)15-16-31/h7-8,10,17,19,24,31H,2,5,9,11-16,18H2,1,3-4,6H3,(H,28,32)/b8-7+,21-19+,23-10-,25-17+. The quantitative estimate of drug-likeness (QED) is 0.254. The van der Waals surface area contributed by atoms with E-state index in [1.807, 2.05) is 40.1 Å². The molecule has 178 valence electrons. The molecule has 0 aromatic carbocycles. The fourth-order valence-electron chi connectivity index (χ4n) is 3.70. The number of aliphatic hydroxyl groups is 1. The van der Waals surface area contributed by atoms with Gasteiger partial charge in [0, 0.05) is 56.1 Å². The van der Waals surface area contributed by atoms with Gasteiger partial charge in [-0.1, -0.05) is 48.6 Å². The monoisotopic (exact) mass is 461 g/mol. The molecule has 32 heavy (non-hydrogen) atoms. The molecule has 2 N–H and O–H groups in total. The minimum atomic E-state index is -0.190. The summed E-state index contributed by atoms with van der Waals surface area (Å²) in [7, 11) is 2.05. The van der Waals surface area contributed by atoms with Crippen LogP contribution in [0.1, 0.15) is 40.0 Å². The predicted molar refractivity (Wildman–Crippen MR) is 136 cm³/mol. The van der Waals surface area contributed by atoms with Crippen molar-refractivity contribution in [2.75, 3.05) is 39.8 Å². The molecule has 0 spiro atoms. The van der Waals surface area contributed by atoms with Gasteiger partial charge in [0.2, 0.25) is 0 Å². The maximum atomic E-state index is 13.0. The first-order chi connectivity index (χ1) is 15.2. The Morgan fingerprint density at radius 2 is 1.94 bits per heavy atom. The van der Waals surface area contributed by atoms with Gasteiger partial charge < -0.3 is 20.2 Å². The maximum Gasteiger partial charge on any atom is 0.251 e. The molecule has 0 atom stereocenters. The molecule has 1 aliphatic rings. The average Bonchev–Trinajstić information content (AvgIpc) is 2.74. The number of carbonyl (C=O) groups is 1. The number of aliphatic hydroxyl groups excluding tert-OH is 1. The molecule has 0 aliphatic carbocycles. The van der Waals surface area contributed by atoms with E-state index < -0.39 is 0 Å². The number of nitrogens with zero attached hydrogens (tertiary/aromatic N) is 2. The zero-order valence-corrected chi connectivity index (χ0v) is 20.9. The minimum absolute atomic E-state index is 0.190. The number of amides is 1. The number of nitrogens with one attached hydrogen (secondary N) is 1.